The molecule has 1 aromatic heterocycles. The number of anilines is 1. The third-order valence-electron chi connectivity index (χ3n) is 5.52. The molecule has 8 nitrogen and oxygen atoms in total. The maximum absolute atomic E-state index is 12.9. The second kappa shape index (κ2) is 13.1. The van der Waals surface area contributed by atoms with Crippen LogP contribution in [0.4, 0.5) is 9.93 Å². The van der Waals surface area contributed by atoms with E-state index in [1.165, 1.54) is 4.90 Å². The van der Waals surface area contributed by atoms with Gasteiger partial charge >= 0.3 is 12.1 Å². The number of hydrogen-bond acceptors (Lipinski definition) is 8. The van der Waals surface area contributed by atoms with Crippen LogP contribution < -0.4 is 14.4 Å². The van der Waals surface area contributed by atoms with Gasteiger partial charge in [-0.15, -0.1) is 0 Å². The predicted molar refractivity (Wildman–Crippen MR) is 149 cm³/mol. The van der Waals surface area contributed by atoms with E-state index in [1.54, 1.807) is 42.5 Å². The van der Waals surface area contributed by atoms with Crippen LogP contribution in [-0.4, -0.2) is 55.3 Å². The number of thiazole rings is 1. The van der Waals surface area contributed by atoms with Crippen LogP contribution in [-0.2, 0) is 16.1 Å². The van der Waals surface area contributed by atoms with Crippen molar-refractivity contribution in [1.29, 1.82) is 0 Å². The second-order valence-corrected chi connectivity index (χ2v) is 9.75. The van der Waals surface area contributed by atoms with E-state index in [0.717, 1.165) is 20.9 Å². The molecule has 4 rings (SSSR count). The Bertz CT molecular complexity index is 1350. The lowest BCUT2D eigenvalue weighted by atomic mass is 10.2. The molecule has 0 radical (unpaired) electrons. The van der Waals surface area contributed by atoms with E-state index in [4.69, 9.17) is 25.8 Å². The summed E-state index contributed by atoms with van der Waals surface area (Å²) < 4.78 is 17.5. The van der Waals surface area contributed by atoms with Gasteiger partial charge in [-0.05, 0) is 48.9 Å². The lowest BCUT2D eigenvalue weighted by Crippen LogP contribution is -2.38. The van der Waals surface area contributed by atoms with Crippen molar-refractivity contribution < 1.29 is 23.8 Å². The molecule has 0 saturated carbocycles. The number of para-hydroxylation sites is 2. The SMILES string of the molecule is CCOC(=O)CN(Cc1ccc(OCCN(C)c2nc3ccccc3s2)cc1)C(=O)Oc1ccccc1Cl. The number of ether oxygens (including phenoxy) is 3. The molecule has 3 aromatic carbocycles. The number of carbonyl (C=O) groups excluding carboxylic acids is 2. The van der Waals surface area contributed by atoms with Crippen LogP contribution in [0.2, 0.25) is 5.02 Å². The molecule has 0 spiro atoms. The summed E-state index contributed by atoms with van der Waals surface area (Å²) >= 11 is 7.76. The molecule has 1 heterocycles. The van der Waals surface area contributed by atoms with Crippen molar-refractivity contribution in [3.63, 3.8) is 0 Å². The van der Waals surface area contributed by atoms with Crippen LogP contribution in [0.3, 0.4) is 0 Å². The number of fused-ring (bicyclic) bond motifs is 1. The number of amides is 1. The van der Waals surface area contributed by atoms with Crippen LogP contribution >= 0.6 is 22.9 Å². The summed E-state index contributed by atoms with van der Waals surface area (Å²) in [7, 11) is 1.99. The third kappa shape index (κ3) is 7.36. The van der Waals surface area contributed by atoms with Gasteiger partial charge in [-0.1, -0.05) is 59.3 Å². The molecule has 0 unspecified atom stereocenters. The number of benzene rings is 3. The molecule has 4 aromatic rings. The van der Waals surface area contributed by atoms with Crippen LogP contribution in [0, 0.1) is 0 Å². The Morgan fingerprint density at radius 2 is 1.74 bits per heavy atom. The molecule has 10 heteroatoms. The highest BCUT2D eigenvalue weighted by molar-refractivity contribution is 7.22. The van der Waals surface area contributed by atoms with Crippen molar-refractivity contribution in [3.05, 3.63) is 83.4 Å². The molecule has 0 aliphatic heterocycles. The van der Waals surface area contributed by atoms with E-state index in [2.05, 4.69) is 16.0 Å². The van der Waals surface area contributed by atoms with E-state index in [1.807, 2.05) is 49.5 Å². The third-order valence-corrected chi connectivity index (χ3v) is 6.98. The van der Waals surface area contributed by atoms with Crippen molar-refractivity contribution in [1.82, 2.24) is 9.88 Å². The Morgan fingerprint density at radius 1 is 1.00 bits per heavy atom. The summed E-state index contributed by atoms with van der Waals surface area (Å²) in [5.74, 6) is 0.385. The molecular formula is C28H28ClN3O5S. The van der Waals surface area contributed by atoms with Gasteiger partial charge in [-0.3, -0.25) is 9.69 Å². The standard InChI is InChI=1S/C28H28ClN3O5S/c1-3-35-26(33)19-32(28(34)37-24-10-6-4-8-22(24)29)18-20-12-14-21(15-13-20)36-17-16-31(2)27-30-23-9-5-7-11-25(23)38-27/h4-15H,3,16-19H2,1-2H3. The largest absolute Gasteiger partial charge is 0.492 e. The van der Waals surface area contributed by atoms with Gasteiger partial charge in [0, 0.05) is 13.6 Å². The molecule has 0 fully saturated rings. The number of aromatic nitrogens is 1. The van der Waals surface area contributed by atoms with Crippen molar-refractivity contribution in [2.75, 3.05) is 38.3 Å². The van der Waals surface area contributed by atoms with Crippen molar-refractivity contribution in [2.24, 2.45) is 0 Å². The zero-order valence-corrected chi connectivity index (χ0v) is 22.7. The van der Waals surface area contributed by atoms with Crippen LogP contribution in [0.1, 0.15) is 12.5 Å². The molecule has 0 bridgehead atoms. The van der Waals surface area contributed by atoms with E-state index >= 15 is 0 Å². The maximum Gasteiger partial charge on any atom is 0.416 e. The fourth-order valence-corrected chi connectivity index (χ4v) is 4.69. The van der Waals surface area contributed by atoms with Gasteiger partial charge in [0.2, 0.25) is 0 Å². The molecule has 0 aliphatic rings. The smallest absolute Gasteiger partial charge is 0.416 e. The number of halogens is 1. The van der Waals surface area contributed by atoms with Crippen molar-refractivity contribution in [2.45, 2.75) is 13.5 Å². The predicted octanol–water partition coefficient (Wildman–Crippen LogP) is 6.03. The second-order valence-electron chi connectivity index (χ2n) is 8.34. The number of likely N-dealkylation sites (N-methyl/N-ethyl adjacent to an activating group) is 1. The molecule has 38 heavy (non-hydrogen) atoms. The van der Waals surface area contributed by atoms with Gasteiger partial charge in [-0.25, -0.2) is 9.78 Å². The highest BCUT2D eigenvalue weighted by Crippen LogP contribution is 2.28. The Kier molecular flexibility index (Phi) is 9.40. The minimum absolute atomic E-state index is 0.142. The molecule has 0 N–H and O–H groups in total. The fraction of sp³-hybridized carbons (Fsp3) is 0.250. The monoisotopic (exact) mass is 553 g/mol. The van der Waals surface area contributed by atoms with E-state index in [-0.39, 0.29) is 25.4 Å². The van der Waals surface area contributed by atoms with Gasteiger partial charge in [0.1, 0.15) is 18.9 Å². The minimum Gasteiger partial charge on any atom is -0.492 e. The van der Waals surface area contributed by atoms with Gasteiger partial charge in [0.15, 0.2) is 10.9 Å². The Hall–Kier alpha value is -3.82. The average molecular weight is 554 g/mol. The van der Waals surface area contributed by atoms with Crippen LogP contribution in [0.15, 0.2) is 72.8 Å². The highest BCUT2D eigenvalue weighted by Gasteiger charge is 2.21. The van der Waals surface area contributed by atoms with Gasteiger partial charge in [0.25, 0.3) is 0 Å². The fourth-order valence-electron chi connectivity index (χ4n) is 3.56. The summed E-state index contributed by atoms with van der Waals surface area (Å²) in [6, 6.07) is 22.0. The number of nitrogens with zero attached hydrogens (tertiary/aromatic N) is 3. The molecule has 0 aliphatic carbocycles. The summed E-state index contributed by atoms with van der Waals surface area (Å²) in [4.78, 5) is 33.0. The molecule has 0 atom stereocenters. The lowest BCUT2D eigenvalue weighted by Gasteiger charge is -2.21. The van der Waals surface area contributed by atoms with E-state index in [9.17, 15) is 9.59 Å². The zero-order valence-electron chi connectivity index (χ0n) is 21.1. The Morgan fingerprint density at radius 3 is 2.47 bits per heavy atom. The first-order chi connectivity index (χ1) is 18.4. The molecule has 1 amide bonds. The minimum atomic E-state index is -0.704. The van der Waals surface area contributed by atoms with E-state index in [0.29, 0.717) is 23.9 Å². The summed E-state index contributed by atoms with van der Waals surface area (Å²) in [5.41, 5.74) is 1.79. The first kappa shape index (κ1) is 27.2. The summed E-state index contributed by atoms with van der Waals surface area (Å²) in [6.07, 6.45) is -0.704. The molecule has 198 valence electrons. The quantitative estimate of drug-likeness (QED) is 0.210. The van der Waals surface area contributed by atoms with Crippen LogP contribution in [0.5, 0.6) is 11.5 Å². The lowest BCUT2D eigenvalue weighted by molar-refractivity contribution is -0.144. The first-order valence-electron chi connectivity index (χ1n) is 12.1. The number of rotatable bonds is 11. The maximum atomic E-state index is 12.9. The van der Waals surface area contributed by atoms with E-state index < -0.39 is 12.1 Å². The topological polar surface area (TPSA) is 81.2 Å². The number of esters is 1. The van der Waals surface area contributed by atoms with Gasteiger partial charge in [0.05, 0.1) is 28.4 Å². The zero-order chi connectivity index (χ0) is 26.9. The summed E-state index contributed by atoms with van der Waals surface area (Å²) in [5, 5.41) is 1.24. The van der Waals surface area contributed by atoms with Crippen LogP contribution in [0.25, 0.3) is 10.2 Å². The molecule has 0 saturated heterocycles. The van der Waals surface area contributed by atoms with Crippen molar-refractivity contribution >= 4 is 50.3 Å². The van der Waals surface area contributed by atoms with Gasteiger partial charge < -0.3 is 19.1 Å². The highest BCUT2D eigenvalue weighted by atomic mass is 35.5. The average Bonchev–Trinajstić information content (AvgIpc) is 3.35. The number of carbonyl (C=O) groups is 2. The van der Waals surface area contributed by atoms with Gasteiger partial charge in [-0.2, -0.15) is 0 Å². The number of hydrogen-bond donors (Lipinski definition) is 0. The first-order valence-corrected chi connectivity index (χ1v) is 13.3. The Balaban J connectivity index is 1.33. The van der Waals surface area contributed by atoms with Crippen molar-refractivity contribution in [3.8, 4) is 11.5 Å². The Labute approximate surface area is 230 Å². The molecular weight excluding hydrogens is 526 g/mol. The summed E-state index contributed by atoms with van der Waals surface area (Å²) in [6.45, 7) is 2.95. The normalized spacial score (nSPS) is 10.7.